The monoisotopic (exact) mass is 314 g/mol. The number of benzene rings is 2. The fourth-order valence-electron chi connectivity index (χ4n) is 1.78. The maximum Gasteiger partial charge on any atom is 0.349 e. The molecule has 2 aromatic carbocycles. The maximum atomic E-state index is 11.8. The average Bonchev–Trinajstić information content (AvgIpc) is 2.59. The molecular formula is C18H18O5. The fraction of sp³-hybridized carbons (Fsp3) is 0.222. The highest BCUT2D eigenvalue weighted by atomic mass is 16.6. The summed E-state index contributed by atoms with van der Waals surface area (Å²) in [4.78, 5) is 23.5. The Bertz CT molecular complexity index is 651. The minimum absolute atomic E-state index is 0.214. The lowest BCUT2D eigenvalue weighted by molar-refractivity contribution is -0.136. The second-order valence-corrected chi connectivity index (χ2v) is 4.74. The van der Waals surface area contributed by atoms with Crippen molar-refractivity contribution in [2.45, 2.75) is 13.3 Å². The van der Waals surface area contributed by atoms with Gasteiger partial charge < -0.3 is 14.2 Å². The molecule has 0 aliphatic heterocycles. The number of rotatable bonds is 7. The highest BCUT2D eigenvalue weighted by molar-refractivity contribution is 5.90. The van der Waals surface area contributed by atoms with Crippen LogP contribution < -0.4 is 9.47 Å². The van der Waals surface area contributed by atoms with Crippen LogP contribution in [0, 0.1) is 0 Å². The third kappa shape index (κ3) is 5.47. The van der Waals surface area contributed by atoms with Gasteiger partial charge in [0.05, 0.1) is 12.2 Å². The van der Waals surface area contributed by atoms with E-state index in [2.05, 4.69) is 0 Å². The summed E-state index contributed by atoms with van der Waals surface area (Å²) >= 11 is 0. The number of carbonyl (C=O) groups excluding carboxylic acids is 2. The van der Waals surface area contributed by atoms with Crippen LogP contribution in [0.3, 0.4) is 0 Å². The van der Waals surface area contributed by atoms with Crippen molar-refractivity contribution in [1.82, 2.24) is 0 Å². The number of ether oxygens (including phenoxy) is 3. The van der Waals surface area contributed by atoms with E-state index in [1.165, 1.54) is 6.07 Å². The van der Waals surface area contributed by atoms with E-state index in [1.807, 2.05) is 25.1 Å². The molecular weight excluding hydrogens is 296 g/mol. The Hall–Kier alpha value is -2.82. The molecule has 23 heavy (non-hydrogen) atoms. The molecule has 120 valence electrons. The van der Waals surface area contributed by atoms with Crippen LogP contribution in [0.2, 0.25) is 0 Å². The van der Waals surface area contributed by atoms with Crippen LogP contribution in [0.5, 0.6) is 11.5 Å². The molecule has 0 aromatic heterocycles. The molecule has 0 unspecified atom stereocenters. The molecule has 2 aromatic rings. The van der Waals surface area contributed by atoms with Crippen molar-refractivity contribution >= 4 is 11.9 Å². The number of hydrogen-bond acceptors (Lipinski definition) is 5. The van der Waals surface area contributed by atoms with E-state index in [4.69, 9.17) is 14.2 Å². The standard InChI is InChI=1S/C18H18O5/c1-2-11-21-18(20)14-7-6-10-16(12-14)23-17(19)13-22-15-8-4-3-5-9-15/h3-10,12H,2,11,13H2,1H3. The van der Waals surface area contributed by atoms with Gasteiger partial charge in [-0.15, -0.1) is 0 Å². The molecule has 0 radical (unpaired) electrons. The molecule has 5 heteroatoms. The molecule has 0 aliphatic carbocycles. The van der Waals surface area contributed by atoms with Crippen molar-refractivity contribution < 1.29 is 23.8 Å². The van der Waals surface area contributed by atoms with E-state index in [-0.39, 0.29) is 12.4 Å². The largest absolute Gasteiger partial charge is 0.482 e. The van der Waals surface area contributed by atoms with Crippen LogP contribution in [-0.4, -0.2) is 25.2 Å². The molecule has 0 N–H and O–H groups in total. The topological polar surface area (TPSA) is 61.8 Å². The first-order chi connectivity index (χ1) is 11.2. The molecule has 0 amide bonds. The average molecular weight is 314 g/mol. The summed E-state index contributed by atoms with van der Waals surface area (Å²) in [6.45, 7) is 2.06. The zero-order valence-electron chi connectivity index (χ0n) is 12.9. The predicted octanol–water partition coefficient (Wildman–Crippen LogP) is 3.24. The van der Waals surface area contributed by atoms with Crippen molar-refractivity contribution in [3.05, 3.63) is 60.2 Å². The Morgan fingerprint density at radius 2 is 1.70 bits per heavy atom. The Balaban J connectivity index is 1.89. The second-order valence-electron chi connectivity index (χ2n) is 4.74. The van der Waals surface area contributed by atoms with E-state index in [0.717, 1.165) is 6.42 Å². The van der Waals surface area contributed by atoms with Crippen LogP contribution in [0.4, 0.5) is 0 Å². The van der Waals surface area contributed by atoms with Crippen LogP contribution in [0.15, 0.2) is 54.6 Å². The normalized spacial score (nSPS) is 9.96. The quantitative estimate of drug-likeness (QED) is 0.580. The van der Waals surface area contributed by atoms with Gasteiger partial charge in [-0.3, -0.25) is 0 Å². The second kappa shape index (κ2) is 8.58. The van der Waals surface area contributed by atoms with Gasteiger partial charge in [-0.25, -0.2) is 9.59 Å². The molecule has 0 atom stereocenters. The first kappa shape index (κ1) is 16.5. The van der Waals surface area contributed by atoms with Crippen molar-refractivity contribution in [2.75, 3.05) is 13.2 Å². The highest BCUT2D eigenvalue weighted by Crippen LogP contribution is 2.15. The van der Waals surface area contributed by atoms with Crippen molar-refractivity contribution in [3.63, 3.8) is 0 Å². The zero-order chi connectivity index (χ0) is 16.5. The third-order valence-corrected chi connectivity index (χ3v) is 2.84. The molecule has 0 fully saturated rings. The van der Waals surface area contributed by atoms with Gasteiger partial charge in [-0.2, -0.15) is 0 Å². The summed E-state index contributed by atoms with van der Waals surface area (Å²) in [5, 5.41) is 0. The van der Waals surface area contributed by atoms with Gasteiger partial charge in [0, 0.05) is 0 Å². The minimum Gasteiger partial charge on any atom is -0.482 e. The van der Waals surface area contributed by atoms with E-state index in [1.54, 1.807) is 30.3 Å². The van der Waals surface area contributed by atoms with E-state index >= 15 is 0 Å². The lowest BCUT2D eigenvalue weighted by Crippen LogP contribution is -2.18. The molecule has 5 nitrogen and oxygen atoms in total. The summed E-state index contributed by atoms with van der Waals surface area (Å²) in [6, 6.07) is 15.3. The number of hydrogen-bond donors (Lipinski definition) is 0. The van der Waals surface area contributed by atoms with E-state index in [0.29, 0.717) is 17.9 Å². The molecule has 0 spiro atoms. The van der Waals surface area contributed by atoms with Crippen molar-refractivity contribution in [2.24, 2.45) is 0 Å². The molecule has 2 rings (SSSR count). The highest BCUT2D eigenvalue weighted by Gasteiger charge is 2.10. The SMILES string of the molecule is CCCOC(=O)c1cccc(OC(=O)COc2ccccc2)c1. The predicted molar refractivity (Wildman–Crippen MR) is 84.6 cm³/mol. The van der Waals surface area contributed by atoms with Gasteiger partial charge in [0.15, 0.2) is 6.61 Å². The van der Waals surface area contributed by atoms with Crippen molar-refractivity contribution in [3.8, 4) is 11.5 Å². The summed E-state index contributed by atoms with van der Waals surface area (Å²) in [5.74, 6) is -0.128. The smallest absolute Gasteiger partial charge is 0.349 e. The number of para-hydroxylation sites is 1. The summed E-state index contributed by atoms with van der Waals surface area (Å²) in [6.07, 6.45) is 0.747. The first-order valence-electron chi connectivity index (χ1n) is 7.34. The van der Waals surface area contributed by atoms with Crippen LogP contribution in [-0.2, 0) is 9.53 Å². The number of carbonyl (C=O) groups is 2. The Morgan fingerprint density at radius 1 is 0.957 bits per heavy atom. The van der Waals surface area contributed by atoms with Gasteiger partial charge in [-0.05, 0) is 36.8 Å². The van der Waals surface area contributed by atoms with Crippen LogP contribution in [0.1, 0.15) is 23.7 Å². The van der Waals surface area contributed by atoms with E-state index in [9.17, 15) is 9.59 Å². The van der Waals surface area contributed by atoms with Gasteiger partial charge >= 0.3 is 11.9 Å². The molecule has 0 heterocycles. The Kier molecular flexibility index (Phi) is 6.17. The zero-order valence-corrected chi connectivity index (χ0v) is 12.9. The van der Waals surface area contributed by atoms with Gasteiger partial charge in [-0.1, -0.05) is 31.2 Å². The van der Waals surface area contributed by atoms with E-state index < -0.39 is 11.9 Å². The van der Waals surface area contributed by atoms with Crippen LogP contribution in [0.25, 0.3) is 0 Å². The minimum atomic E-state index is -0.548. The van der Waals surface area contributed by atoms with Gasteiger partial charge in [0.25, 0.3) is 0 Å². The Labute approximate surface area is 134 Å². The summed E-state index contributed by atoms with van der Waals surface area (Å²) in [7, 11) is 0. The van der Waals surface area contributed by atoms with Gasteiger partial charge in [0.2, 0.25) is 0 Å². The summed E-state index contributed by atoms with van der Waals surface area (Å²) < 4.78 is 15.5. The van der Waals surface area contributed by atoms with Crippen molar-refractivity contribution in [1.29, 1.82) is 0 Å². The lowest BCUT2D eigenvalue weighted by atomic mass is 10.2. The third-order valence-electron chi connectivity index (χ3n) is 2.84. The fourth-order valence-corrected chi connectivity index (χ4v) is 1.78. The van der Waals surface area contributed by atoms with Crippen LogP contribution >= 0.6 is 0 Å². The lowest BCUT2D eigenvalue weighted by Gasteiger charge is -2.08. The first-order valence-corrected chi connectivity index (χ1v) is 7.34. The molecule has 0 bridgehead atoms. The molecule has 0 saturated heterocycles. The summed E-state index contributed by atoms with van der Waals surface area (Å²) in [5.41, 5.74) is 0.340. The Morgan fingerprint density at radius 3 is 2.43 bits per heavy atom. The maximum absolute atomic E-state index is 11.8. The number of esters is 2. The van der Waals surface area contributed by atoms with Gasteiger partial charge in [0.1, 0.15) is 11.5 Å². The molecule has 0 saturated carbocycles. The molecule has 0 aliphatic rings.